The van der Waals surface area contributed by atoms with Gasteiger partial charge in [-0.15, -0.1) is 0 Å². The monoisotopic (exact) mass is 205 g/mol. The smallest absolute Gasteiger partial charge is 0.285 e. The molecule has 0 aliphatic rings. The van der Waals surface area contributed by atoms with E-state index in [1.165, 1.54) is 18.2 Å². The highest BCUT2D eigenvalue weighted by Gasteiger charge is 2.30. The van der Waals surface area contributed by atoms with Gasteiger partial charge < -0.3 is 5.73 Å². The summed E-state index contributed by atoms with van der Waals surface area (Å²) in [5.41, 5.74) is 5.37. The van der Waals surface area contributed by atoms with Crippen LogP contribution in [0.15, 0.2) is 18.2 Å². The fourth-order valence-corrected chi connectivity index (χ4v) is 1.37. The van der Waals surface area contributed by atoms with Crippen LogP contribution in [0, 0.1) is 6.92 Å². The van der Waals surface area contributed by atoms with Crippen molar-refractivity contribution in [2.24, 2.45) is 5.73 Å². The summed E-state index contributed by atoms with van der Waals surface area (Å²) in [5.74, 6) is -2.96. The van der Waals surface area contributed by atoms with E-state index in [1.807, 2.05) is 0 Å². The van der Waals surface area contributed by atoms with Crippen LogP contribution in [-0.2, 0) is 5.92 Å². The number of alkyl halides is 2. The minimum absolute atomic E-state index is 0.0561. The maximum Gasteiger partial charge on any atom is 0.285 e. The van der Waals surface area contributed by atoms with Crippen LogP contribution in [0.3, 0.4) is 0 Å². The van der Waals surface area contributed by atoms with Gasteiger partial charge in [-0.3, -0.25) is 0 Å². The van der Waals surface area contributed by atoms with Gasteiger partial charge in [0.1, 0.15) is 0 Å². The summed E-state index contributed by atoms with van der Waals surface area (Å²) in [6.45, 7) is 0.903. The zero-order valence-electron chi connectivity index (χ0n) is 7.15. The molecule has 4 heteroatoms. The first-order valence-electron chi connectivity index (χ1n) is 3.82. The summed E-state index contributed by atoms with van der Waals surface area (Å²) in [5, 5.41) is 0.453. The van der Waals surface area contributed by atoms with Crippen molar-refractivity contribution in [3.63, 3.8) is 0 Å². The van der Waals surface area contributed by atoms with Gasteiger partial charge in [0.2, 0.25) is 0 Å². The number of benzene rings is 1. The molecule has 13 heavy (non-hydrogen) atoms. The largest absolute Gasteiger partial charge is 0.325 e. The van der Waals surface area contributed by atoms with Crippen LogP contribution in [0.4, 0.5) is 8.78 Å². The third-order valence-corrected chi connectivity index (χ3v) is 2.07. The van der Waals surface area contributed by atoms with Gasteiger partial charge in [0.15, 0.2) is 0 Å². The molecule has 0 aliphatic carbocycles. The van der Waals surface area contributed by atoms with Gasteiger partial charge >= 0.3 is 0 Å². The van der Waals surface area contributed by atoms with Crippen molar-refractivity contribution in [1.29, 1.82) is 0 Å². The first-order valence-corrected chi connectivity index (χ1v) is 4.19. The van der Waals surface area contributed by atoms with Crippen molar-refractivity contribution >= 4 is 11.6 Å². The van der Waals surface area contributed by atoms with Gasteiger partial charge in [-0.2, -0.15) is 8.78 Å². The van der Waals surface area contributed by atoms with E-state index in [0.717, 1.165) is 0 Å². The first-order chi connectivity index (χ1) is 5.97. The number of halogens is 3. The van der Waals surface area contributed by atoms with Crippen molar-refractivity contribution < 1.29 is 8.78 Å². The summed E-state index contributed by atoms with van der Waals surface area (Å²) in [6.07, 6.45) is 0. The Hall–Kier alpha value is -0.670. The lowest BCUT2D eigenvalue weighted by Gasteiger charge is -2.16. The first kappa shape index (κ1) is 10.4. The molecule has 0 spiro atoms. The number of hydrogen-bond acceptors (Lipinski definition) is 1. The zero-order valence-corrected chi connectivity index (χ0v) is 7.91. The topological polar surface area (TPSA) is 26.0 Å². The van der Waals surface area contributed by atoms with Gasteiger partial charge in [-0.1, -0.05) is 17.7 Å². The van der Waals surface area contributed by atoms with Crippen LogP contribution in [-0.4, -0.2) is 6.54 Å². The Morgan fingerprint density at radius 1 is 1.46 bits per heavy atom. The highest BCUT2D eigenvalue weighted by atomic mass is 35.5. The number of rotatable bonds is 2. The van der Waals surface area contributed by atoms with Gasteiger partial charge in [0.25, 0.3) is 5.92 Å². The second-order valence-corrected chi connectivity index (χ2v) is 3.30. The molecular formula is C9H10ClF2N. The van der Waals surface area contributed by atoms with Crippen LogP contribution >= 0.6 is 11.6 Å². The minimum atomic E-state index is -2.96. The Morgan fingerprint density at radius 2 is 2.08 bits per heavy atom. The molecule has 0 aromatic heterocycles. The van der Waals surface area contributed by atoms with E-state index in [0.29, 0.717) is 10.6 Å². The molecule has 0 radical (unpaired) electrons. The number of hydrogen-bond donors (Lipinski definition) is 1. The summed E-state index contributed by atoms with van der Waals surface area (Å²) < 4.78 is 26.2. The molecule has 1 rings (SSSR count). The Labute approximate surface area is 80.5 Å². The standard InChI is InChI=1S/C9H10ClF2N/c1-6-4-7(10)2-3-8(6)9(11,12)5-13/h2-4H,5,13H2,1H3. The Bertz CT molecular complexity index is 312. The molecule has 1 aromatic carbocycles. The molecule has 0 saturated heterocycles. The Kier molecular flexibility index (Phi) is 2.88. The van der Waals surface area contributed by atoms with E-state index in [2.05, 4.69) is 0 Å². The van der Waals surface area contributed by atoms with E-state index in [9.17, 15) is 8.78 Å². The minimum Gasteiger partial charge on any atom is -0.325 e. The molecule has 0 saturated carbocycles. The molecule has 1 aromatic rings. The Balaban J connectivity index is 3.16. The maximum atomic E-state index is 13.1. The lowest BCUT2D eigenvalue weighted by molar-refractivity contribution is 0.00533. The molecular weight excluding hydrogens is 196 g/mol. The highest BCUT2D eigenvalue weighted by Crippen LogP contribution is 2.30. The molecule has 0 heterocycles. The quantitative estimate of drug-likeness (QED) is 0.790. The molecule has 0 aliphatic heterocycles. The molecule has 0 amide bonds. The predicted octanol–water partition coefficient (Wildman–Crippen LogP) is 2.70. The van der Waals surface area contributed by atoms with Crippen LogP contribution in [0.1, 0.15) is 11.1 Å². The second kappa shape index (κ2) is 3.60. The van der Waals surface area contributed by atoms with Crippen LogP contribution in [0.5, 0.6) is 0 Å². The van der Waals surface area contributed by atoms with Crippen molar-refractivity contribution in [3.8, 4) is 0 Å². The molecule has 2 N–H and O–H groups in total. The van der Waals surface area contributed by atoms with Crippen molar-refractivity contribution in [2.75, 3.05) is 6.54 Å². The molecule has 0 unspecified atom stereocenters. The van der Waals surface area contributed by atoms with Gasteiger partial charge in [-0.05, 0) is 24.6 Å². The maximum absolute atomic E-state index is 13.1. The number of nitrogens with two attached hydrogens (primary N) is 1. The second-order valence-electron chi connectivity index (χ2n) is 2.87. The normalized spacial score (nSPS) is 11.8. The van der Waals surface area contributed by atoms with Crippen molar-refractivity contribution in [3.05, 3.63) is 34.3 Å². The lowest BCUT2D eigenvalue weighted by atomic mass is 10.0. The van der Waals surface area contributed by atoms with Crippen molar-refractivity contribution in [2.45, 2.75) is 12.8 Å². The summed E-state index contributed by atoms with van der Waals surface area (Å²) in [6, 6.07) is 4.25. The SMILES string of the molecule is Cc1cc(Cl)ccc1C(F)(F)CN. The average Bonchev–Trinajstić information content (AvgIpc) is 2.03. The van der Waals surface area contributed by atoms with E-state index in [4.69, 9.17) is 17.3 Å². The average molecular weight is 206 g/mol. The predicted molar refractivity (Wildman–Crippen MR) is 49.1 cm³/mol. The van der Waals surface area contributed by atoms with Gasteiger partial charge in [-0.25, -0.2) is 0 Å². The van der Waals surface area contributed by atoms with E-state index in [1.54, 1.807) is 6.92 Å². The third-order valence-electron chi connectivity index (χ3n) is 1.84. The van der Waals surface area contributed by atoms with Gasteiger partial charge in [0.05, 0.1) is 6.54 Å². The summed E-state index contributed by atoms with van der Waals surface area (Å²) >= 11 is 5.63. The summed E-state index contributed by atoms with van der Waals surface area (Å²) in [4.78, 5) is 0. The highest BCUT2D eigenvalue weighted by molar-refractivity contribution is 6.30. The Morgan fingerprint density at radius 3 is 2.54 bits per heavy atom. The van der Waals surface area contributed by atoms with E-state index in [-0.39, 0.29) is 5.56 Å². The fraction of sp³-hybridized carbons (Fsp3) is 0.333. The molecule has 72 valence electrons. The molecule has 1 nitrogen and oxygen atoms in total. The molecule has 0 atom stereocenters. The van der Waals surface area contributed by atoms with Gasteiger partial charge in [0, 0.05) is 10.6 Å². The summed E-state index contributed by atoms with van der Waals surface area (Å²) in [7, 11) is 0. The van der Waals surface area contributed by atoms with Crippen LogP contribution in [0.2, 0.25) is 5.02 Å². The van der Waals surface area contributed by atoms with Crippen LogP contribution in [0.25, 0.3) is 0 Å². The van der Waals surface area contributed by atoms with Crippen molar-refractivity contribution in [1.82, 2.24) is 0 Å². The fourth-order valence-electron chi connectivity index (χ4n) is 1.15. The molecule has 0 fully saturated rings. The zero-order chi connectivity index (χ0) is 10.1. The lowest BCUT2D eigenvalue weighted by Crippen LogP contribution is -2.25. The third kappa shape index (κ3) is 2.17. The molecule has 0 bridgehead atoms. The van der Waals surface area contributed by atoms with Crippen LogP contribution < -0.4 is 5.73 Å². The number of aryl methyl sites for hydroxylation is 1. The van der Waals surface area contributed by atoms with E-state index >= 15 is 0 Å². The van der Waals surface area contributed by atoms with E-state index < -0.39 is 12.5 Å².